The number of nitrogens with zero attached hydrogens (tertiary/aromatic N) is 2. The number of rotatable bonds is 5. The maximum Gasteiger partial charge on any atom is 0.237 e. The van der Waals surface area contributed by atoms with Gasteiger partial charge < -0.3 is 14.8 Å². The first kappa shape index (κ1) is 19.3. The number of hydrogen-bond donors (Lipinski definition) is 1. The van der Waals surface area contributed by atoms with Crippen molar-refractivity contribution in [3.8, 4) is 11.5 Å². The molecule has 7 heteroatoms. The highest BCUT2D eigenvalue weighted by Gasteiger charge is 2.28. The molecular weight excluding hydrogens is 398 g/mol. The minimum Gasteiger partial charge on any atom is -0.454 e. The number of carbonyl (C=O) groups is 1. The number of likely N-dealkylation sites (tertiary alicyclic amines) is 1. The van der Waals surface area contributed by atoms with Crippen molar-refractivity contribution in [3.05, 3.63) is 53.0 Å². The summed E-state index contributed by atoms with van der Waals surface area (Å²) < 4.78 is 12.0. The summed E-state index contributed by atoms with van der Waals surface area (Å²) >= 11 is 1.81. The maximum absolute atomic E-state index is 12.7. The molecule has 1 fully saturated rings. The molecule has 6 nitrogen and oxygen atoms in total. The fourth-order valence-electron chi connectivity index (χ4n) is 4.15. The number of aromatic nitrogens is 1. The standard InChI is InChI=1S/C23H25N3O3S/c1-15(22(27)24-13-16-6-7-19-20(12-16)29-14-28-19)26-10-8-17(9-11-26)23-25-18-4-2-3-5-21(18)30-23/h2-7,12,15,17H,8-11,13-14H2,1H3,(H,24,27)/t15-/m1/s1. The molecule has 1 saturated heterocycles. The van der Waals surface area contributed by atoms with Crippen molar-refractivity contribution >= 4 is 27.5 Å². The Morgan fingerprint density at radius 1 is 1.20 bits per heavy atom. The predicted molar refractivity (Wildman–Crippen MR) is 117 cm³/mol. The molecule has 5 rings (SSSR count). The molecule has 1 amide bonds. The lowest BCUT2D eigenvalue weighted by molar-refractivity contribution is -0.126. The van der Waals surface area contributed by atoms with Crippen LogP contribution in [0.3, 0.4) is 0 Å². The van der Waals surface area contributed by atoms with E-state index in [9.17, 15) is 4.79 Å². The number of benzene rings is 2. The Morgan fingerprint density at radius 2 is 2.00 bits per heavy atom. The van der Waals surface area contributed by atoms with Crippen molar-refractivity contribution in [3.63, 3.8) is 0 Å². The zero-order valence-corrected chi connectivity index (χ0v) is 17.8. The average Bonchev–Trinajstić information content (AvgIpc) is 3.43. The monoisotopic (exact) mass is 423 g/mol. The molecule has 1 aromatic heterocycles. The topological polar surface area (TPSA) is 63.7 Å². The van der Waals surface area contributed by atoms with Crippen LogP contribution >= 0.6 is 11.3 Å². The van der Waals surface area contributed by atoms with Crippen LogP contribution < -0.4 is 14.8 Å². The number of hydrogen-bond acceptors (Lipinski definition) is 6. The van der Waals surface area contributed by atoms with Gasteiger partial charge in [-0.3, -0.25) is 9.69 Å². The van der Waals surface area contributed by atoms with Crippen molar-refractivity contribution in [1.29, 1.82) is 0 Å². The lowest BCUT2D eigenvalue weighted by atomic mass is 9.96. The van der Waals surface area contributed by atoms with E-state index in [1.54, 1.807) is 11.3 Å². The van der Waals surface area contributed by atoms with E-state index in [0.717, 1.165) is 48.5 Å². The van der Waals surface area contributed by atoms with Gasteiger partial charge in [0, 0.05) is 12.5 Å². The van der Waals surface area contributed by atoms with Crippen LogP contribution in [0, 0.1) is 0 Å². The van der Waals surface area contributed by atoms with E-state index in [0.29, 0.717) is 12.5 Å². The highest BCUT2D eigenvalue weighted by molar-refractivity contribution is 7.18. The maximum atomic E-state index is 12.7. The van der Waals surface area contributed by atoms with E-state index < -0.39 is 0 Å². The highest BCUT2D eigenvalue weighted by Crippen LogP contribution is 2.34. The molecule has 0 spiro atoms. The van der Waals surface area contributed by atoms with Gasteiger partial charge in [0.05, 0.1) is 21.3 Å². The largest absolute Gasteiger partial charge is 0.454 e. The Kier molecular flexibility index (Phi) is 5.31. The fraction of sp³-hybridized carbons (Fsp3) is 0.391. The molecule has 3 heterocycles. The number of ether oxygens (including phenoxy) is 2. The lowest BCUT2D eigenvalue weighted by Gasteiger charge is -2.34. The van der Waals surface area contributed by atoms with Gasteiger partial charge in [0.2, 0.25) is 12.7 Å². The van der Waals surface area contributed by atoms with Gasteiger partial charge in [0.1, 0.15) is 0 Å². The third-order valence-corrected chi connectivity index (χ3v) is 7.22. The number of carbonyl (C=O) groups excluding carboxylic acids is 1. The first-order chi connectivity index (χ1) is 14.7. The van der Waals surface area contributed by atoms with Crippen molar-refractivity contribution < 1.29 is 14.3 Å². The molecule has 2 aliphatic rings. The number of para-hydroxylation sites is 1. The Hall–Kier alpha value is -2.64. The molecular formula is C23H25N3O3S. The zero-order chi connectivity index (χ0) is 20.5. The Morgan fingerprint density at radius 3 is 2.83 bits per heavy atom. The molecule has 0 bridgehead atoms. The highest BCUT2D eigenvalue weighted by atomic mass is 32.1. The number of fused-ring (bicyclic) bond motifs is 2. The van der Waals surface area contributed by atoms with E-state index in [1.807, 2.05) is 31.2 Å². The number of thiazole rings is 1. The molecule has 2 aliphatic heterocycles. The van der Waals surface area contributed by atoms with Gasteiger partial charge in [0.15, 0.2) is 11.5 Å². The summed E-state index contributed by atoms with van der Waals surface area (Å²) in [5.41, 5.74) is 2.10. The minimum atomic E-state index is -0.143. The lowest BCUT2D eigenvalue weighted by Crippen LogP contribution is -2.47. The van der Waals surface area contributed by atoms with Gasteiger partial charge in [0.25, 0.3) is 0 Å². The second kappa shape index (κ2) is 8.24. The summed E-state index contributed by atoms with van der Waals surface area (Å²) in [5.74, 6) is 2.05. The van der Waals surface area contributed by atoms with E-state index >= 15 is 0 Å². The smallest absolute Gasteiger partial charge is 0.237 e. The first-order valence-electron chi connectivity index (χ1n) is 10.4. The van der Waals surface area contributed by atoms with Crippen LogP contribution in [-0.4, -0.2) is 41.7 Å². The zero-order valence-electron chi connectivity index (χ0n) is 17.0. The van der Waals surface area contributed by atoms with Gasteiger partial charge in [-0.1, -0.05) is 18.2 Å². The second-order valence-corrected chi connectivity index (χ2v) is 8.97. The first-order valence-corrected chi connectivity index (χ1v) is 11.2. The van der Waals surface area contributed by atoms with E-state index in [4.69, 9.17) is 14.5 Å². The van der Waals surface area contributed by atoms with Gasteiger partial charge >= 0.3 is 0 Å². The van der Waals surface area contributed by atoms with Gasteiger partial charge in [-0.2, -0.15) is 0 Å². The molecule has 1 atom stereocenters. The summed E-state index contributed by atoms with van der Waals surface area (Å²) in [5, 5.41) is 4.29. The average molecular weight is 424 g/mol. The number of amides is 1. The molecule has 0 unspecified atom stereocenters. The van der Waals surface area contributed by atoms with Crippen LogP contribution in [0.4, 0.5) is 0 Å². The van der Waals surface area contributed by atoms with E-state index in [-0.39, 0.29) is 18.7 Å². The number of piperidine rings is 1. The van der Waals surface area contributed by atoms with Gasteiger partial charge in [-0.15, -0.1) is 11.3 Å². The molecule has 1 N–H and O–H groups in total. The molecule has 0 aliphatic carbocycles. The quantitative estimate of drug-likeness (QED) is 0.674. The summed E-state index contributed by atoms with van der Waals surface area (Å²) in [7, 11) is 0. The summed E-state index contributed by atoms with van der Waals surface area (Å²) in [4.78, 5) is 19.8. The second-order valence-electron chi connectivity index (χ2n) is 7.91. The Balaban J connectivity index is 1.14. The van der Waals surface area contributed by atoms with Crippen molar-refractivity contribution in [2.24, 2.45) is 0 Å². The summed E-state index contributed by atoms with van der Waals surface area (Å²) in [6, 6.07) is 14.0. The van der Waals surface area contributed by atoms with Crippen LogP contribution in [-0.2, 0) is 11.3 Å². The molecule has 0 saturated carbocycles. The van der Waals surface area contributed by atoms with Crippen LogP contribution in [0.5, 0.6) is 11.5 Å². The Labute approximate surface area is 179 Å². The Bertz CT molecular complexity index is 1030. The van der Waals surface area contributed by atoms with Gasteiger partial charge in [-0.25, -0.2) is 4.98 Å². The third-order valence-electron chi connectivity index (χ3n) is 6.02. The molecule has 2 aromatic carbocycles. The summed E-state index contributed by atoms with van der Waals surface area (Å²) in [6.07, 6.45) is 2.08. The van der Waals surface area contributed by atoms with Crippen LogP contribution in [0.2, 0.25) is 0 Å². The van der Waals surface area contributed by atoms with Gasteiger partial charge in [-0.05, 0) is 62.7 Å². The fourth-order valence-corrected chi connectivity index (χ4v) is 5.29. The van der Waals surface area contributed by atoms with Crippen molar-refractivity contribution in [2.45, 2.75) is 38.3 Å². The summed E-state index contributed by atoms with van der Waals surface area (Å²) in [6.45, 7) is 4.57. The van der Waals surface area contributed by atoms with Crippen molar-refractivity contribution in [1.82, 2.24) is 15.2 Å². The van der Waals surface area contributed by atoms with E-state index in [2.05, 4.69) is 28.4 Å². The molecule has 3 aromatic rings. The molecule has 156 valence electrons. The third kappa shape index (κ3) is 3.87. The van der Waals surface area contributed by atoms with Crippen LogP contribution in [0.1, 0.15) is 36.3 Å². The minimum absolute atomic E-state index is 0.0612. The van der Waals surface area contributed by atoms with Crippen LogP contribution in [0.15, 0.2) is 42.5 Å². The van der Waals surface area contributed by atoms with Crippen LogP contribution in [0.25, 0.3) is 10.2 Å². The van der Waals surface area contributed by atoms with E-state index in [1.165, 1.54) is 9.71 Å². The van der Waals surface area contributed by atoms with Crippen molar-refractivity contribution in [2.75, 3.05) is 19.9 Å². The normalized spacial score (nSPS) is 17.9. The SMILES string of the molecule is C[C@H](C(=O)NCc1ccc2c(c1)OCO2)N1CCC(c2nc3ccccc3s2)CC1. The molecule has 0 radical (unpaired) electrons. The predicted octanol–water partition coefficient (Wildman–Crippen LogP) is 3.91. The number of nitrogens with one attached hydrogen (secondary N) is 1. The molecule has 30 heavy (non-hydrogen) atoms.